The van der Waals surface area contributed by atoms with Crippen LogP contribution in [-0.2, 0) is 0 Å². The fourth-order valence-corrected chi connectivity index (χ4v) is 2.15. The van der Waals surface area contributed by atoms with Crippen LogP contribution in [0.15, 0.2) is 66.5 Å². The second kappa shape index (κ2) is 8.84. The van der Waals surface area contributed by atoms with E-state index in [0.29, 0.717) is 11.3 Å². The molecule has 0 bridgehead atoms. The lowest BCUT2D eigenvalue weighted by molar-refractivity contribution is 0.0940. The van der Waals surface area contributed by atoms with Gasteiger partial charge in [0.15, 0.2) is 0 Å². The van der Waals surface area contributed by atoms with Crippen LogP contribution in [0.4, 0.5) is 4.39 Å². The van der Waals surface area contributed by atoms with E-state index in [0.717, 1.165) is 5.56 Å². The van der Waals surface area contributed by atoms with E-state index < -0.39 is 5.83 Å². The smallest absolute Gasteiger partial charge is 0.251 e. The molecule has 0 aliphatic rings. The van der Waals surface area contributed by atoms with Gasteiger partial charge in [-0.3, -0.25) is 4.79 Å². The number of nitrogens with one attached hydrogen (secondary N) is 1. The number of hydrogen-bond donors (Lipinski definition) is 2. The van der Waals surface area contributed by atoms with Crippen LogP contribution in [0.1, 0.15) is 28.9 Å². The van der Waals surface area contributed by atoms with Crippen LogP contribution in [0.2, 0.25) is 0 Å². The monoisotopic (exact) mass is 328 g/mol. The third-order valence-electron chi connectivity index (χ3n) is 3.48. The first-order chi connectivity index (χ1) is 11.6. The lowest BCUT2D eigenvalue weighted by atomic mass is 10.1. The van der Waals surface area contributed by atoms with Crippen LogP contribution in [0.5, 0.6) is 5.75 Å². The van der Waals surface area contributed by atoms with Gasteiger partial charge in [0, 0.05) is 12.1 Å². The molecular formula is C19H21FN2O2. The van der Waals surface area contributed by atoms with Gasteiger partial charge < -0.3 is 15.8 Å². The lowest BCUT2D eigenvalue weighted by Gasteiger charge is -2.14. The number of benzene rings is 2. The zero-order valence-corrected chi connectivity index (χ0v) is 13.5. The summed E-state index contributed by atoms with van der Waals surface area (Å²) in [6.07, 6.45) is 1.26. The Morgan fingerprint density at radius 2 is 1.88 bits per heavy atom. The molecule has 24 heavy (non-hydrogen) atoms. The molecule has 0 saturated heterocycles. The number of carbonyl (C=O) groups is 1. The molecule has 5 heteroatoms. The quantitative estimate of drug-likeness (QED) is 0.819. The summed E-state index contributed by atoms with van der Waals surface area (Å²) in [6, 6.07) is 16.2. The average Bonchev–Trinajstić information content (AvgIpc) is 2.61. The van der Waals surface area contributed by atoms with Crippen LogP contribution >= 0.6 is 0 Å². The molecule has 0 aliphatic carbocycles. The number of halogens is 1. The van der Waals surface area contributed by atoms with Crippen molar-refractivity contribution in [3.05, 3.63) is 77.6 Å². The maximum atomic E-state index is 13.2. The van der Waals surface area contributed by atoms with E-state index >= 15 is 0 Å². The Bertz CT molecular complexity index is 684. The maximum absolute atomic E-state index is 13.2. The fraction of sp³-hybridized carbons (Fsp3) is 0.211. The first kappa shape index (κ1) is 17.7. The molecule has 0 heterocycles. The first-order valence-electron chi connectivity index (χ1n) is 7.73. The van der Waals surface area contributed by atoms with Gasteiger partial charge in [-0.1, -0.05) is 30.3 Å². The average molecular weight is 328 g/mol. The highest BCUT2D eigenvalue weighted by atomic mass is 19.1. The van der Waals surface area contributed by atoms with Crippen LogP contribution in [0, 0.1) is 0 Å². The lowest BCUT2D eigenvalue weighted by Crippen LogP contribution is -2.26. The molecule has 1 amide bonds. The Kier molecular flexibility index (Phi) is 6.51. The largest absolute Gasteiger partial charge is 0.487 e. The molecule has 2 aromatic carbocycles. The summed E-state index contributed by atoms with van der Waals surface area (Å²) in [4.78, 5) is 12.3. The van der Waals surface area contributed by atoms with Crippen LogP contribution in [-0.4, -0.2) is 19.1 Å². The SMILES string of the molecule is CC(NC(=O)c1ccc(OC/C(F)=C/CN)cc1)c1ccccc1. The minimum atomic E-state index is -0.420. The molecule has 0 aromatic heterocycles. The van der Waals surface area contributed by atoms with Crippen molar-refractivity contribution in [2.24, 2.45) is 5.73 Å². The van der Waals surface area contributed by atoms with E-state index in [9.17, 15) is 9.18 Å². The third-order valence-corrected chi connectivity index (χ3v) is 3.48. The first-order valence-corrected chi connectivity index (χ1v) is 7.73. The summed E-state index contributed by atoms with van der Waals surface area (Å²) in [7, 11) is 0. The predicted molar refractivity (Wildman–Crippen MR) is 92.5 cm³/mol. The minimum absolute atomic E-state index is 0.0925. The number of amides is 1. The Balaban J connectivity index is 1.92. The van der Waals surface area contributed by atoms with Gasteiger partial charge in [-0.15, -0.1) is 0 Å². The van der Waals surface area contributed by atoms with Gasteiger partial charge in [0.2, 0.25) is 0 Å². The van der Waals surface area contributed by atoms with E-state index in [1.165, 1.54) is 6.08 Å². The van der Waals surface area contributed by atoms with Crippen molar-refractivity contribution in [3.63, 3.8) is 0 Å². The molecule has 0 radical (unpaired) electrons. The molecule has 1 atom stereocenters. The zero-order valence-electron chi connectivity index (χ0n) is 13.5. The number of ether oxygens (including phenoxy) is 1. The summed E-state index contributed by atoms with van der Waals surface area (Å²) in [5.41, 5.74) is 6.77. The van der Waals surface area contributed by atoms with Gasteiger partial charge >= 0.3 is 0 Å². The van der Waals surface area contributed by atoms with Crippen molar-refractivity contribution in [1.29, 1.82) is 0 Å². The minimum Gasteiger partial charge on any atom is -0.487 e. The van der Waals surface area contributed by atoms with E-state index in [2.05, 4.69) is 5.32 Å². The zero-order chi connectivity index (χ0) is 17.4. The Hall–Kier alpha value is -2.66. The van der Waals surface area contributed by atoms with E-state index in [-0.39, 0.29) is 25.1 Å². The van der Waals surface area contributed by atoms with E-state index in [1.807, 2.05) is 37.3 Å². The number of hydrogen-bond acceptors (Lipinski definition) is 3. The molecule has 0 fully saturated rings. The number of nitrogens with two attached hydrogens (primary N) is 1. The molecule has 0 saturated carbocycles. The Morgan fingerprint density at radius 1 is 1.21 bits per heavy atom. The van der Waals surface area contributed by atoms with Gasteiger partial charge in [0.1, 0.15) is 18.2 Å². The second-order valence-corrected chi connectivity index (χ2v) is 5.31. The topological polar surface area (TPSA) is 64.3 Å². The number of rotatable bonds is 7. The van der Waals surface area contributed by atoms with Crippen molar-refractivity contribution in [2.45, 2.75) is 13.0 Å². The van der Waals surface area contributed by atoms with Crippen molar-refractivity contribution in [2.75, 3.05) is 13.2 Å². The summed E-state index contributed by atoms with van der Waals surface area (Å²) in [5.74, 6) is -0.105. The number of carbonyl (C=O) groups excluding carboxylic acids is 1. The van der Waals surface area contributed by atoms with Gasteiger partial charge in [0.25, 0.3) is 5.91 Å². The normalized spacial score (nSPS) is 12.5. The standard InChI is InChI=1S/C19H21FN2O2/c1-14(15-5-3-2-4-6-15)22-19(23)16-7-9-18(10-8-16)24-13-17(20)11-12-21/h2-11,14H,12-13,21H2,1H3,(H,22,23)/b17-11-. The predicted octanol–water partition coefficient (Wildman–Crippen LogP) is 3.37. The van der Waals surface area contributed by atoms with Crippen molar-refractivity contribution >= 4 is 5.91 Å². The van der Waals surface area contributed by atoms with Crippen molar-refractivity contribution in [1.82, 2.24) is 5.32 Å². The molecule has 0 spiro atoms. The third kappa shape index (κ3) is 5.21. The fourth-order valence-electron chi connectivity index (χ4n) is 2.15. The van der Waals surface area contributed by atoms with E-state index in [1.54, 1.807) is 24.3 Å². The highest BCUT2D eigenvalue weighted by molar-refractivity contribution is 5.94. The van der Waals surface area contributed by atoms with Gasteiger partial charge in [-0.2, -0.15) is 0 Å². The maximum Gasteiger partial charge on any atom is 0.251 e. The summed E-state index contributed by atoms with van der Waals surface area (Å²) < 4.78 is 18.5. The Morgan fingerprint density at radius 3 is 2.50 bits per heavy atom. The van der Waals surface area contributed by atoms with Crippen molar-refractivity contribution < 1.29 is 13.9 Å². The highest BCUT2D eigenvalue weighted by Crippen LogP contribution is 2.16. The molecular weight excluding hydrogens is 307 g/mol. The molecule has 4 nitrogen and oxygen atoms in total. The molecule has 2 rings (SSSR count). The summed E-state index contributed by atoms with van der Waals surface area (Å²) in [5, 5.41) is 2.94. The molecule has 126 valence electrons. The van der Waals surface area contributed by atoms with Crippen LogP contribution in [0.25, 0.3) is 0 Å². The van der Waals surface area contributed by atoms with Crippen molar-refractivity contribution in [3.8, 4) is 5.75 Å². The van der Waals surface area contributed by atoms with Crippen LogP contribution in [0.3, 0.4) is 0 Å². The molecule has 1 unspecified atom stereocenters. The van der Waals surface area contributed by atoms with Crippen LogP contribution < -0.4 is 15.8 Å². The summed E-state index contributed by atoms with van der Waals surface area (Å²) in [6.45, 7) is 1.89. The molecule has 2 aromatic rings. The molecule has 3 N–H and O–H groups in total. The highest BCUT2D eigenvalue weighted by Gasteiger charge is 2.11. The summed E-state index contributed by atoms with van der Waals surface area (Å²) >= 11 is 0. The van der Waals surface area contributed by atoms with E-state index in [4.69, 9.17) is 10.5 Å². The van der Waals surface area contributed by atoms with Gasteiger partial charge in [-0.25, -0.2) is 4.39 Å². The Labute approximate surface area is 141 Å². The molecule has 0 aliphatic heterocycles. The van der Waals surface area contributed by atoms with Gasteiger partial charge in [0.05, 0.1) is 6.04 Å². The van der Waals surface area contributed by atoms with Gasteiger partial charge in [-0.05, 0) is 42.8 Å². The second-order valence-electron chi connectivity index (χ2n) is 5.31.